The summed E-state index contributed by atoms with van der Waals surface area (Å²) in [5.74, 6) is -1.20. The van der Waals surface area contributed by atoms with Crippen molar-refractivity contribution in [3.63, 3.8) is 0 Å². The van der Waals surface area contributed by atoms with E-state index in [2.05, 4.69) is 4.98 Å². The van der Waals surface area contributed by atoms with Crippen LogP contribution in [0.1, 0.15) is 52.7 Å². The zero-order chi connectivity index (χ0) is 26.8. The molecule has 0 saturated carbocycles. The van der Waals surface area contributed by atoms with Crippen molar-refractivity contribution in [3.8, 4) is 11.1 Å². The van der Waals surface area contributed by atoms with Gasteiger partial charge >= 0.3 is 5.97 Å². The molecule has 5 rings (SSSR count). The number of carboxylic acid groups (broad SMARTS) is 1. The molecule has 188 valence electrons. The van der Waals surface area contributed by atoms with Gasteiger partial charge in [-0.15, -0.1) is 0 Å². The number of benzene rings is 3. The first-order valence-corrected chi connectivity index (χ1v) is 12.7. The highest BCUT2D eigenvalue weighted by atomic mass is 35.5. The van der Waals surface area contributed by atoms with Crippen molar-refractivity contribution in [2.45, 2.75) is 26.2 Å². The molecule has 8 heteroatoms. The van der Waals surface area contributed by atoms with Crippen molar-refractivity contribution < 1.29 is 14.7 Å². The third kappa shape index (κ3) is 4.21. The number of aromatic carboxylic acids is 1. The number of nitrogens with zero attached hydrogens (tertiary/aromatic N) is 1. The average Bonchev–Trinajstić information content (AvgIpc) is 3.39. The Labute approximate surface area is 228 Å². The van der Waals surface area contributed by atoms with E-state index in [-0.39, 0.29) is 16.8 Å². The highest BCUT2D eigenvalue weighted by Crippen LogP contribution is 2.43. The standard InChI is InChI=1S/C29H23Cl3N2O3/c1-29(2,3)27-24(19(12-33-27)23-21(31)10-16(30)11-22(23)32)26(35)20-13-34(4)25-17(20)8-7-14-5-6-15(28(36)37)9-18(14)25/h5-13,33H,1-4H3,(H,36,37). The summed E-state index contributed by atoms with van der Waals surface area (Å²) >= 11 is 19.3. The monoisotopic (exact) mass is 552 g/mol. The van der Waals surface area contributed by atoms with E-state index in [0.717, 1.165) is 27.4 Å². The molecule has 2 aromatic heterocycles. The smallest absolute Gasteiger partial charge is 0.335 e. The SMILES string of the molecule is Cn1cc(C(=O)c2c(-c3c(Cl)cc(Cl)cc3Cl)c[nH]c2C(C)(C)C)c2ccc3ccc(C(=O)O)cc3c21. The van der Waals surface area contributed by atoms with Crippen LogP contribution in [0.25, 0.3) is 32.8 Å². The lowest BCUT2D eigenvalue weighted by molar-refractivity contribution is 0.0697. The Bertz CT molecular complexity index is 1730. The van der Waals surface area contributed by atoms with Crippen LogP contribution in [0, 0.1) is 0 Å². The summed E-state index contributed by atoms with van der Waals surface area (Å²) in [5, 5.41) is 13.0. The van der Waals surface area contributed by atoms with Crippen LogP contribution in [-0.4, -0.2) is 26.4 Å². The van der Waals surface area contributed by atoms with Gasteiger partial charge in [0.2, 0.25) is 0 Å². The minimum atomic E-state index is -1.01. The van der Waals surface area contributed by atoms with Crippen molar-refractivity contribution in [1.82, 2.24) is 9.55 Å². The molecule has 0 spiro atoms. The van der Waals surface area contributed by atoms with Crippen molar-refractivity contribution in [1.29, 1.82) is 0 Å². The summed E-state index contributed by atoms with van der Waals surface area (Å²) in [7, 11) is 1.85. The molecule has 2 heterocycles. The highest BCUT2D eigenvalue weighted by molar-refractivity contribution is 6.42. The lowest BCUT2D eigenvalue weighted by Gasteiger charge is -2.20. The van der Waals surface area contributed by atoms with Crippen molar-refractivity contribution in [2.75, 3.05) is 0 Å². The molecule has 0 radical (unpaired) electrons. The number of hydrogen-bond acceptors (Lipinski definition) is 2. The van der Waals surface area contributed by atoms with E-state index >= 15 is 0 Å². The van der Waals surface area contributed by atoms with Gasteiger partial charge < -0.3 is 14.7 Å². The van der Waals surface area contributed by atoms with E-state index in [1.54, 1.807) is 42.7 Å². The van der Waals surface area contributed by atoms with Crippen LogP contribution in [0.15, 0.2) is 54.9 Å². The number of carbonyl (C=O) groups is 2. The number of carboxylic acids is 1. The largest absolute Gasteiger partial charge is 0.478 e. The van der Waals surface area contributed by atoms with E-state index in [1.807, 2.05) is 44.5 Å². The Morgan fingerprint density at radius 3 is 2.22 bits per heavy atom. The first-order valence-electron chi connectivity index (χ1n) is 11.5. The zero-order valence-corrected chi connectivity index (χ0v) is 22.8. The van der Waals surface area contributed by atoms with Crippen LogP contribution in [-0.2, 0) is 12.5 Å². The van der Waals surface area contributed by atoms with Crippen molar-refractivity contribution >= 4 is 68.2 Å². The molecule has 0 unspecified atom stereocenters. The number of ketones is 1. The molecule has 0 saturated heterocycles. The van der Waals surface area contributed by atoms with Gasteiger partial charge in [-0.3, -0.25) is 4.79 Å². The van der Waals surface area contributed by atoms with Gasteiger partial charge in [0.15, 0.2) is 5.78 Å². The molecule has 37 heavy (non-hydrogen) atoms. The van der Waals surface area contributed by atoms with Crippen molar-refractivity contribution in [3.05, 3.63) is 92.3 Å². The number of nitrogens with one attached hydrogen (secondary N) is 1. The number of H-pyrrole nitrogens is 1. The Kier molecular flexibility index (Phi) is 6.14. The summed E-state index contributed by atoms with van der Waals surface area (Å²) in [6.45, 7) is 6.07. The number of carbonyl (C=O) groups excluding carboxylic acids is 1. The molecule has 0 atom stereocenters. The summed E-state index contributed by atoms with van der Waals surface area (Å²) in [6.07, 6.45) is 3.54. The van der Waals surface area contributed by atoms with Crippen LogP contribution in [0.4, 0.5) is 0 Å². The number of hydrogen-bond donors (Lipinski definition) is 2. The van der Waals surface area contributed by atoms with E-state index in [9.17, 15) is 14.7 Å². The second kappa shape index (κ2) is 8.95. The van der Waals surface area contributed by atoms with Gasteiger partial charge in [0.25, 0.3) is 0 Å². The first-order chi connectivity index (χ1) is 17.4. The van der Waals surface area contributed by atoms with Crippen LogP contribution in [0.2, 0.25) is 15.1 Å². The molecule has 0 fully saturated rings. The van der Waals surface area contributed by atoms with Gasteiger partial charge in [0, 0.05) is 63.0 Å². The van der Waals surface area contributed by atoms with Gasteiger partial charge in [-0.1, -0.05) is 73.8 Å². The Morgan fingerprint density at radius 1 is 0.946 bits per heavy atom. The second-order valence-electron chi connectivity index (χ2n) is 10.1. The normalized spacial score (nSPS) is 12.0. The fraction of sp³-hybridized carbons (Fsp3) is 0.172. The Hall–Kier alpha value is -3.25. The summed E-state index contributed by atoms with van der Waals surface area (Å²) in [6, 6.07) is 12.0. The average molecular weight is 554 g/mol. The molecule has 0 aliphatic rings. The second-order valence-corrected chi connectivity index (χ2v) is 11.4. The summed E-state index contributed by atoms with van der Waals surface area (Å²) < 4.78 is 1.86. The van der Waals surface area contributed by atoms with E-state index in [4.69, 9.17) is 34.8 Å². The van der Waals surface area contributed by atoms with Gasteiger partial charge in [-0.05, 0) is 29.7 Å². The van der Waals surface area contributed by atoms with Gasteiger partial charge in [-0.25, -0.2) is 4.79 Å². The Morgan fingerprint density at radius 2 is 1.59 bits per heavy atom. The quantitative estimate of drug-likeness (QED) is 0.219. The maximum Gasteiger partial charge on any atom is 0.335 e. The highest BCUT2D eigenvalue weighted by Gasteiger charge is 2.31. The van der Waals surface area contributed by atoms with Crippen LogP contribution < -0.4 is 0 Å². The number of aromatic amines is 1. The number of aromatic nitrogens is 2. The van der Waals surface area contributed by atoms with Gasteiger partial charge in [0.1, 0.15) is 0 Å². The maximum atomic E-state index is 14.4. The molecule has 5 nitrogen and oxygen atoms in total. The maximum absolute atomic E-state index is 14.4. The fourth-order valence-corrected chi connectivity index (χ4v) is 5.95. The minimum Gasteiger partial charge on any atom is -0.478 e. The molecule has 0 bridgehead atoms. The molecule has 0 aliphatic heterocycles. The number of halogens is 3. The Balaban J connectivity index is 1.79. The third-order valence-electron chi connectivity index (χ3n) is 6.58. The fourth-order valence-electron chi connectivity index (χ4n) is 4.92. The van der Waals surface area contributed by atoms with E-state index in [1.165, 1.54) is 0 Å². The van der Waals surface area contributed by atoms with Gasteiger partial charge in [-0.2, -0.15) is 0 Å². The third-order valence-corrected chi connectivity index (χ3v) is 7.40. The first kappa shape index (κ1) is 25.4. The number of fused-ring (bicyclic) bond motifs is 3. The van der Waals surface area contributed by atoms with Gasteiger partial charge in [0.05, 0.1) is 26.7 Å². The molecule has 0 amide bonds. The van der Waals surface area contributed by atoms with Crippen LogP contribution >= 0.6 is 34.8 Å². The summed E-state index contributed by atoms with van der Waals surface area (Å²) in [5.41, 5.74) is 3.42. The molecule has 5 aromatic rings. The van der Waals surface area contributed by atoms with Crippen LogP contribution in [0.5, 0.6) is 0 Å². The predicted molar refractivity (Wildman–Crippen MR) is 151 cm³/mol. The van der Waals surface area contributed by atoms with Crippen LogP contribution in [0.3, 0.4) is 0 Å². The summed E-state index contributed by atoms with van der Waals surface area (Å²) in [4.78, 5) is 29.3. The van der Waals surface area contributed by atoms with Crippen molar-refractivity contribution in [2.24, 2.45) is 7.05 Å². The molecule has 3 aromatic carbocycles. The molecule has 0 aliphatic carbocycles. The topological polar surface area (TPSA) is 75.1 Å². The molecular weight excluding hydrogens is 531 g/mol. The molecular formula is C29H23Cl3N2O3. The number of aryl methyl sites for hydroxylation is 1. The predicted octanol–water partition coefficient (Wildman–Crippen LogP) is 8.51. The van der Waals surface area contributed by atoms with E-state index in [0.29, 0.717) is 37.3 Å². The lowest BCUT2D eigenvalue weighted by atomic mass is 9.84. The zero-order valence-electron chi connectivity index (χ0n) is 20.5. The minimum absolute atomic E-state index is 0.184. The lowest BCUT2D eigenvalue weighted by Crippen LogP contribution is -2.17. The number of rotatable bonds is 4. The van der Waals surface area contributed by atoms with E-state index < -0.39 is 5.97 Å². The molecule has 2 N–H and O–H groups in total.